The fraction of sp³-hybridized carbons (Fsp3) is 0.250. The van der Waals surface area contributed by atoms with Gasteiger partial charge in [0.1, 0.15) is 6.04 Å². The number of nitrogens with zero attached hydrogens (tertiary/aromatic N) is 1. The summed E-state index contributed by atoms with van der Waals surface area (Å²) in [5, 5.41) is 9.40. The van der Waals surface area contributed by atoms with E-state index >= 15 is 0 Å². The minimum atomic E-state index is -1.02. The van der Waals surface area contributed by atoms with Crippen molar-refractivity contribution in [2.75, 3.05) is 10.7 Å². The van der Waals surface area contributed by atoms with Crippen molar-refractivity contribution in [1.82, 2.24) is 0 Å². The highest BCUT2D eigenvalue weighted by molar-refractivity contribution is 8.14. The molecule has 6 heteroatoms. The molecule has 0 saturated heterocycles. The number of hydrogen-bond donors (Lipinski definition) is 1. The zero-order valence-electron chi connectivity index (χ0n) is 14.3. The number of amides is 1. The number of carbonyl (C=O) groups is 3. The Morgan fingerprint density at radius 3 is 2.46 bits per heavy atom. The summed E-state index contributed by atoms with van der Waals surface area (Å²) >= 11 is 1.08. The molecule has 134 valence electrons. The molecule has 1 aliphatic rings. The zero-order chi connectivity index (χ0) is 18.7. The molecule has 3 rings (SSSR count). The summed E-state index contributed by atoms with van der Waals surface area (Å²) < 4.78 is 0. The smallest absolute Gasteiger partial charge is 0.327 e. The van der Waals surface area contributed by atoms with Crippen LogP contribution >= 0.6 is 11.8 Å². The van der Waals surface area contributed by atoms with Gasteiger partial charge in [-0.05, 0) is 11.6 Å². The van der Waals surface area contributed by atoms with Crippen LogP contribution in [0.4, 0.5) is 5.69 Å². The number of carbonyl (C=O) groups excluding carboxylic acids is 2. The third-order valence-corrected chi connectivity index (χ3v) is 5.56. The first-order valence-corrected chi connectivity index (χ1v) is 9.33. The molecule has 2 aromatic carbocycles. The molecule has 5 nitrogen and oxygen atoms in total. The highest BCUT2D eigenvalue weighted by Gasteiger charge is 2.39. The Morgan fingerprint density at radius 2 is 1.77 bits per heavy atom. The Bertz CT molecular complexity index is 837. The van der Waals surface area contributed by atoms with Gasteiger partial charge in [0.15, 0.2) is 0 Å². The molecule has 2 aromatic rings. The van der Waals surface area contributed by atoms with Gasteiger partial charge < -0.3 is 5.11 Å². The van der Waals surface area contributed by atoms with Gasteiger partial charge in [0.05, 0.1) is 0 Å². The van der Waals surface area contributed by atoms with Crippen molar-refractivity contribution in [3.8, 4) is 0 Å². The standard InChI is InChI=1S/C20H19NO4S/c1-13(12-26-20(25)14-7-3-2-4-8-14)18(22)21-16-10-6-5-9-15(16)11-17(21)19(23)24/h2-10,13,17H,11-12H2,1H3,(H,23,24)/t13?,17-/m1/s1. The van der Waals surface area contributed by atoms with E-state index in [4.69, 9.17) is 0 Å². The predicted molar refractivity (Wildman–Crippen MR) is 101 cm³/mol. The van der Waals surface area contributed by atoms with Crippen molar-refractivity contribution in [2.45, 2.75) is 19.4 Å². The summed E-state index contributed by atoms with van der Waals surface area (Å²) in [5.41, 5.74) is 2.09. The average molecular weight is 369 g/mol. The van der Waals surface area contributed by atoms with Crippen LogP contribution in [0.25, 0.3) is 0 Å². The van der Waals surface area contributed by atoms with Gasteiger partial charge in [-0.2, -0.15) is 0 Å². The Hall–Kier alpha value is -2.60. The van der Waals surface area contributed by atoms with Gasteiger partial charge in [-0.15, -0.1) is 0 Å². The lowest BCUT2D eigenvalue weighted by molar-refractivity contribution is -0.140. The van der Waals surface area contributed by atoms with Crippen molar-refractivity contribution < 1.29 is 19.5 Å². The van der Waals surface area contributed by atoms with Crippen molar-refractivity contribution in [3.05, 3.63) is 65.7 Å². The number of rotatable bonds is 5. The fourth-order valence-electron chi connectivity index (χ4n) is 3.02. The lowest BCUT2D eigenvalue weighted by Crippen LogP contribution is -2.45. The molecular weight excluding hydrogens is 350 g/mol. The second-order valence-corrected chi connectivity index (χ2v) is 7.25. The predicted octanol–water partition coefficient (Wildman–Crippen LogP) is 3.24. The van der Waals surface area contributed by atoms with Crippen LogP contribution in [0.3, 0.4) is 0 Å². The first-order chi connectivity index (χ1) is 12.5. The van der Waals surface area contributed by atoms with E-state index in [0.717, 1.165) is 17.3 Å². The third kappa shape index (κ3) is 3.65. The van der Waals surface area contributed by atoms with Crippen LogP contribution in [0.15, 0.2) is 54.6 Å². The van der Waals surface area contributed by atoms with Gasteiger partial charge in [0.25, 0.3) is 0 Å². The summed E-state index contributed by atoms with van der Waals surface area (Å²) in [6.45, 7) is 1.73. The number of hydrogen-bond acceptors (Lipinski definition) is 4. The normalized spacial score (nSPS) is 16.8. The number of para-hydroxylation sites is 1. The molecule has 1 N–H and O–H groups in total. The number of anilines is 1. The highest BCUT2D eigenvalue weighted by Crippen LogP contribution is 2.33. The number of benzene rings is 2. The van der Waals surface area contributed by atoms with Gasteiger partial charge in [-0.25, -0.2) is 4.79 Å². The molecule has 1 amide bonds. The lowest BCUT2D eigenvalue weighted by Gasteiger charge is -2.25. The molecule has 1 heterocycles. The van der Waals surface area contributed by atoms with E-state index < -0.39 is 17.9 Å². The summed E-state index contributed by atoms with van der Waals surface area (Å²) in [4.78, 5) is 38.1. The van der Waals surface area contributed by atoms with Crippen LogP contribution in [-0.2, 0) is 16.0 Å². The minimum absolute atomic E-state index is 0.0955. The van der Waals surface area contributed by atoms with Crippen molar-refractivity contribution in [3.63, 3.8) is 0 Å². The molecule has 0 aliphatic carbocycles. The van der Waals surface area contributed by atoms with Crippen LogP contribution in [0.5, 0.6) is 0 Å². The third-order valence-electron chi connectivity index (χ3n) is 4.39. The number of fused-ring (bicyclic) bond motifs is 1. The van der Waals surface area contributed by atoms with Gasteiger partial charge in [0.2, 0.25) is 11.0 Å². The van der Waals surface area contributed by atoms with Gasteiger partial charge in [0, 0.05) is 29.3 Å². The number of carboxylic acid groups (broad SMARTS) is 1. The summed E-state index contributed by atoms with van der Waals surface area (Å²) in [5.74, 6) is -1.46. The molecule has 0 aromatic heterocycles. The molecule has 2 atom stereocenters. The topological polar surface area (TPSA) is 74.7 Å². The summed E-state index contributed by atoms with van der Waals surface area (Å²) in [7, 11) is 0. The quantitative estimate of drug-likeness (QED) is 0.876. The Balaban J connectivity index is 1.71. The Morgan fingerprint density at radius 1 is 1.12 bits per heavy atom. The number of thioether (sulfide) groups is 1. The molecular formula is C20H19NO4S. The maximum absolute atomic E-state index is 12.9. The Labute approximate surface area is 156 Å². The highest BCUT2D eigenvalue weighted by atomic mass is 32.2. The molecule has 0 bridgehead atoms. The SMILES string of the molecule is CC(CSC(=O)c1ccccc1)C(=O)N1c2ccccc2C[C@@H]1C(=O)O. The lowest BCUT2D eigenvalue weighted by atomic mass is 10.1. The van der Waals surface area contributed by atoms with Crippen LogP contribution in [-0.4, -0.2) is 33.9 Å². The van der Waals surface area contributed by atoms with Crippen molar-refractivity contribution >= 4 is 34.4 Å². The van der Waals surface area contributed by atoms with E-state index in [1.165, 1.54) is 4.90 Å². The number of carboxylic acids is 1. The van der Waals surface area contributed by atoms with Crippen molar-refractivity contribution in [1.29, 1.82) is 0 Å². The maximum Gasteiger partial charge on any atom is 0.327 e. The van der Waals surface area contributed by atoms with Gasteiger partial charge >= 0.3 is 5.97 Å². The first kappa shape index (κ1) is 18.2. The van der Waals surface area contributed by atoms with Gasteiger partial charge in [-0.1, -0.05) is 67.2 Å². The Kier molecular flexibility index (Phi) is 5.42. The molecule has 26 heavy (non-hydrogen) atoms. The van der Waals surface area contributed by atoms with Crippen LogP contribution in [0.1, 0.15) is 22.8 Å². The minimum Gasteiger partial charge on any atom is -0.480 e. The zero-order valence-corrected chi connectivity index (χ0v) is 15.1. The first-order valence-electron chi connectivity index (χ1n) is 8.35. The van der Waals surface area contributed by atoms with Crippen LogP contribution < -0.4 is 4.90 Å². The van der Waals surface area contributed by atoms with Crippen LogP contribution in [0, 0.1) is 5.92 Å². The molecule has 1 unspecified atom stereocenters. The maximum atomic E-state index is 12.9. The van der Waals surface area contributed by atoms with E-state index in [2.05, 4.69) is 0 Å². The molecule has 0 spiro atoms. The number of aliphatic carboxylic acids is 1. The molecule has 1 aliphatic heterocycles. The largest absolute Gasteiger partial charge is 0.480 e. The monoisotopic (exact) mass is 369 g/mol. The van der Waals surface area contributed by atoms with E-state index in [0.29, 0.717) is 23.4 Å². The van der Waals surface area contributed by atoms with E-state index in [9.17, 15) is 19.5 Å². The fourth-order valence-corrected chi connectivity index (χ4v) is 3.87. The molecule has 0 saturated carbocycles. The second-order valence-electron chi connectivity index (χ2n) is 6.26. The average Bonchev–Trinajstić information content (AvgIpc) is 3.05. The van der Waals surface area contributed by atoms with E-state index in [1.807, 2.05) is 18.2 Å². The van der Waals surface area contributed by atoms with E-state index in [1.54, 1.807) is 43.3 Å². The van der Waals surface area contributed by atoms with Gasteiger partial charge in [-0.3, -0.25) is 14.5 Å². The van der Waals surface area contributed by atoms with Crippen molar-refractivity contribution in [2.24, 2.45) is 5.92 Å². The molecule has 0 radical (unpaired) electrons. The molecule has 0 fully saturated rings. The van der Waals surface area contributed by atoms with E-state index in [-0.39, 0.29) is 11.0 Å². The summed E-state index contributed by atoms with van der Waals surface area (Å²) in [6, 6.07) is 15.2. The summed E-state index contributed by atoms with van der Waals surface area (Å²) in [6.07, 6.45) is 0.306. The van der Waals surface area contributed by atoms with Crippen LogP contribution in [0.2, 0.25) is 0 Å². The second kappa shape index (κ2) is 7.74.